The Balaban J connectivity index is 1.77. The minimum absolute atomic E-state index is 0.107. The molecule has 0 saturated carbocycles. The Morgan fingerprint density at radius 2 is 2.24 bits per heavy atom. The predicted molar refractivity (Wildman–Crippen MR) is 96.3 cm³/mol. The molecule has 3 heterocycles. The molecule has 2 N–H and O–H groups in total. The Hall–Kier alpha value is -1.85. The first-order valence-corrected chi connectivity index (χ1v) is 9.19. The Bertz CT molecular complexity index is 799. The first-order chi connectivity index (χ1) is 12.1. The molecule has 1 saturated heterocycles. The van der Waals surface area contributed by atoms with E-state index in [0.717, 1.165) is 32.4 Å². The number of nitrogens with zero attached hydrogens (tertiary/aromatic N) is 1. The lowest BCUT2D eigenvalue weighted by Crippen LogP contribution is -2.40. The summed E-state index contributed by atoms with van der Waals surface area (Å²) in [6.07, 6.45) is 2.37. The first kappa shape index (κ1) is 16.6. The van der Waals surface area contributed by atoms with E-state index in [-0.39, 0.29) is 11.5 Å². The summed E-state index contributed by atoms with van der Waals surface area (Å²) >= 11 is 0. The van der Waals surface area contributed by atoms with Crippen molar-refractivity contribution >= 4 is 16.9 Å². The topological polar surface area (TPSA) is 65.6 Å². The highest BCUT2D eigenvalue weighted by atomic mass is 16.5. The molecule has 5 heteroatoms. The molecular weight excluding hydrogens is 316 g/mol. The molecule has 0 spiro atoms. The first-order valence-electron chi connectivity index (χ1n) is 9.19. The van der Waals surface area contributed by atoms with E-state index < -0.39 is 12.1 Å². The van der Waals surface area contributed by atoms with E-state index in [1.807, 2.05) is 0 Å². The number of fused-ring (bicyclic) bond motifs is 5. The molecule has 2 aliphatic heterocycles. The molecule has 0 amide bonds. The van der Waals surface area contributed by atoms with E-state index in [1.54, 1.807) is 0 Å². The van der Waals surface area contributed by atoms with Crippen molar-refractivity contribution in [3.05, 3.63) is 35.5 Å². The normalized spacial score (nSPS) is 27.1. The largest absolute Gasteiger partial charge is 0.467 e. The van der Waals surface area contributed by atoms with Crippen molar-refractivity contribution in [1.29, 1.82) is 0 Å². The van der Waals surface area contributed by atoms with Gasteiger partial charge in [0.05, 0.1) is 13.2 Å². The number of aliphatic hydroxyl groups is 1. The van der Waals surface area contributed by atoms with Gasteiger partial charge in [-0.3, -0.25) is 4.90 Å². The molecule has 3 atom stereocenters. The summed E-state index contributed by atoms with van der Waals surface area (Å²) in [7, 11) is 1.33. The minimum atomic E-state index is -1.06. The van der Waals surface area contributed by atoms with E-state index in [9.17, 15) is 9.90 Å². The Labute approximate surface area is 148 Å². The van der Waals surface area contributed by atoms with Gasteiger partial charge in [-0.25, -0.2) is 4.79 Å². The molecule has 1 fully saturated rings. The monoisotopic (exact) mass is 342 g/mol. The summed E-state index contributed by atoms with van der Waals surface area (Å²) in [5.74, 6) is -0.529. The van der Waals surface area contributed by atoms with Crippen molar-refractivity contribution in [2.24, 2.45) is 5.41 Å². The number of carbonyl (C=O) groups is 1. The quantitative estimate of drug-likeness (QED) is 0.839. The van der Waals surface area contributed by atoms with Gasteiger partial charge in [0, 0.05) is 23.1 Å². The fourth-order valence-electron chi connectivity index (χ4n) is 5.06. The number of rotatable bonds is 4. The van der Waals surface area contributed by atoms with Crippen LogP contribution >= 0.6 is 0 Å². The van der Waals surface area contributed by atoms with E-state index >= 15 is 0 Å². The second-order valence-electron chi connectivity index (χ2n) is 7.46. The van der Waals surface area contributed by atoms with Crippen molar-refractivity contribution in [2.45, 2.75) is 44.8 Å². The third kappa shape index (κ3) is 2.49. The molecule has 0 bridgehead atoms. The Morgan fingerprint density at radius 1 is 1.44 bits per heavy atom. The fraction of sp³-hybridized carbons (Fsp3) is 0.550. The summed E-state index contributed by atoms with van der Waals surface area (Å²) in [6.45, 7) is 4.22. The maximum atomic E-state index is 11.8. The summed E-state index contributed by atoms with van der Waals surface area (Å²) in [4.78, 5) is 18.0. The molecule has 1 unspecified atom stereocenters. The smallest absolute Gasteiger partial charge is 0.334 e. The van der Waals surface area contributed by atoms with Crippen LogP contribution in [0.2, 0.25) is 0 Å². The van der Waals surface area contributed by atoms with Gasteiger partial charge in [-0.05, 0) is 49.3 Å². The fourth-order valence-corrected chi connectivity index (χ4v) is 5.06. The van der Waals surface area contributed by atoms with Crippen LogP contribution in [0.1, 0.15) is 43.5 Å². The van der Waals surface area contributed by atoms with Crippen LogP contribution in [0.25, 0.3) is 10.9 Å². The van der Waals surface area contributed by atoms with Crippen LogP contribution in [0.3, 0.4) is 0 Å². The van der Waals surface area contributed by atoms with Crippen LogP contribution in [-0.2, 0) is 16.0 Å². The van der Waals surface area contributed by atoms with Gasteiger partial charge in [0.2, 0.25) is 0 Å². The number of esters is 1. The number of aliphatic hydroxyl groups excluding tert-OH is 1. The number of ether oxygens (including phenoxy) is 1. The van der Waals surface area contributed by atoms with Gasteiger partial charge in [0.1, 0.15) is 0 Å². The van der Waals surface area contributed by atoms with Crippen LogP contribution in [0.4, 0.5) is 0 Å². The zero-order valence-corrected chi connectivity index (χ0v) is 14.9. The average molecular weight is 342 g/mol. The van der Waals surface area contributed by atoms with E-state index in [2.05, 4.69) is 41.1 Å². The second kappa shape index (κ2) is 6.15. The van der Waals surface area contributed by atoms with Crippen molar-refractivity contribution < 1.29 is 14.6 Å². The van der Waals surface area contributed by atoms with E-state index in [1.165, 1.54) is 29.3 Å². The lowest BCUT2D eigenvalue weighted by Gasteiger charge is -2.41. The second-order valence-corrected chi connectivity index (χ2v) is 7.46. The van der Waals surface area contributed by atoms with Gasteiger partial charge in [0.25, 0.3) is 0 Å². The predicted octanol–water partition coefficient (Wildman–Crippen LogP) is 2.79. The zero-order valence-electron chi connectivity index (χ0n) is 14.9. The van der Waals surface area contributed by atoms with Crippen molar-refractivity contribution in [2.75, 3.05) is 20.2 Å². The minimum Gasteiger partial charge on any atom is -0.467 e. The summed E-state index contributed by atoms with van der Waals surface area (Å²) < 4.78 is 4.75. The van der Waals surface area contributed by atoms with Gasteiger partial charge < -0.3 is 14.8 Å². The number of H-pyrrole nitrogens is 1. The maximum Gasteiger partial charge on any atom is 0.334 e. The SMILES string of the molecule is CC[C@]1(CC(O)C(=O)OC)CCN2CCc3c([nH]c4ccccc34)[C@H]21. The van der Waals surface area contributed by atoms with Crippen LogP contribution in [-0.4, -0.2) is 47.3 Å². The number of carbonyl (C=O) groups excluding carboxylic acids is 1. The summed E-state index contributed by atoms with van der Waals surface area (Å²) in [5, 5.41) is 11.7. The lowest BCUT2D eigenvalue weighted by molar-refractivity contribution is -0.152. The van der Waals surface area contributed by atoms with Crippen molar-refractivity contribution in [3.63, 3.8) is 0 Å². The third-order valence-electron chi connectivity index (χ3n) is 6.39. The number of nitrogens with one attached hydrogen (secondary N) is 1. The number of aromatic amines is 1. The summed E-state index contributed by atoms with van der Waals surface area (Å²) in [6, 6.07) is 8.69. The van der Waals surface area contributed by atoms with Crippen LogP contribution in [0.5, 0.6) is 0 Å². The lowest BCUT2D eigenvalue weighted by atomic mass is 9.71. The number of hydrogen-bond acceptors (Lipinski definition) is 4. The number of para-hydroxylation sites is 1. The van der Waals surface area contributed by atoms with Gasteiger partial charge in [-0.1, -0.05) is 25.1 Å². The van der Waals surface area contributed by atoms with Crippen LogP contribution < -0.4 is 0 Å². The highest BCUT2D eigenvalue weighted by Gasteiger charge is 2.51. The molecular formula is C20H26N2O3. The molecule has 5 nitrogen and oxygen atoms in total. The number of aromatic nitrogens is 1. The molecule has 0 aliphatic carbocycles. The highest BCUT2D eigenvalue weighted by molar-refractivity contribution is 5.85. The van der Waals surface area contributed by atoms with Crippen molar-refractivity contribution in [3.8, 4) is 0 Å². The van der Waals surface area contributed by atoms with Gasteiger partial charge in [-0.2, -0.15) is 0 Å². The highest BCUT2D eigenvalue weighted by Crippen LogP contribution is 2.55. The van der Waals surface area contributed by atoms with Gasteiger partial charge >= 0.3 is 5.97 Å². The standard InChI is InChI=1S/C20H26N2O3/c1-3-20(12-16(23)19(24)25-2)9-11-22-10-8-14-13-6-4-5-7-15(13)21-17(14)18(20)22/h4-7,16,18,21,23H,3,8-12H2,1-2H3/t16?,18-,20+/m0/s1. The molecule has 2 aromatic rings. The summed E-state index contributed by atoms with van der Waals surface area (Å²) in [5.41, 5.74) is 3.76. The van der Waals surface area contributed by atoms with Gasteiger partial charge in [-0.15, -0.1) is 0 Å². The van der Waals surface area contributed by atoms with Crippen molar-refractivity contribution in [1.82, 2.24) is 9.88 Å². The molecule has 1 aromatic heterocycles. The number of methoxy groups -OCH3 is 1. The molecule has 1 aromatic carbocycles. The average Bonchev–Trinajstić information content (AvgIpc) is 3.19. The molecule has 25 heavy (non-hydrogen) atoms. The Kier molecular flexibility index (Phi) is 4.08. The van der Waals surface area contributed by atoms with Gasteiger partial charge in [0.15, 0.2) is 6.10 Å². The molecule has 4 rings (SSSR count). The Morgan fingerprint density at radius 3 is 3.00 bits per heavy atom. The van der Waals surface area contributed by atoms with Crippen LogP contribution in [0.15, 0.2) is 24.3 Å². The molecule has 0 radical (unpaired) electrons. The van der Waals surface area contributed by atoms with E-state index in [4.69, 9.17) is 4.74 Å². The van der Waals surface area contributed by atoms with Crippen LogP contribution in [0, 0.1) is 5.41 Å². The maximum absolute atomic E-state index is 11.8. The third-order valence-corrected chi connectivity index (χ3v) is 6.39. The molecule has 2 aliphatic rings. The molecule has 134 valence electrons. The van der Waals surface area contributed by atoms with E-state index in [0.29, 0.717) is 6.42 Å². The number of benzene rings is 1. The number of hydrogen-bond donors (Lipinski definition) is 2. The zero-order chi connectivity index (χ0) is 17.6.